The molecule has 4 unspecified atom stereocenters. The molecule has 144 valence electrons. The molecule has 0 aromatic heterocycles. The van der Waals surface area contributed by atoms with E-state index in [0.717, 1.165) is 19.3 Å². The molecule has 1 aliphatic carbocycles. The van der Waals surface area contributed by atoms with Crippen molar-refractivity contribution in [2.75, 3.05) is 0 Å². The number of unbranched alkanes of at least 4 members (excludes halogenated alkanes) is 2. The third-order valence-corrected chi connectivity index (χ3v) is 5.29. The first-order chi connectivity index (χ1) is 12.4. The Bertz CT molecular complexity index is 575. The molecule has 0 aromatic carbocycles. The number of rotatable bonds is 11. The molecule has 0 aromatic rings. The number of nitrogens with zero attached hydrogens (tertiary/aromatic N) is 1. The fourth-order valence-corrected chi connectivity index (χ4v) is 3.76. The number of ketones is 1. The van der Waals surface area contributed by atoms with Crippen LogP contribution in [0.3, 0.4) is 0 Å². The molecule has 1 saturated carbocycles. The lowest BCUT2D eigenvalue weighted by molar-refractivity contribution is -0.154. The van der Waals surface area contributed by atoms with E-state index in [-0.39, 0.29) is 12.2 Å². The van der Waals surface area contributed by atoms with Gasteiger partial charge in [0.15, 0.2) is 0 Å². The normalized spacial score (nSPS) is 22.4. The molecule has 2 N–H and O–H groups in total. The quantitative estimate of drug-likeness (QED) is 0.427. The van der Waals surface area contributed by atoms with E-state index < -0.39 is 29.3 Å². The molecular weight excluding hydrogens is 330 g/mol. The van der Waals surface area contributed by atoms with E-state index in [4.69, 9.17) is 0 Å². The van der Waals surface area contributed by atoms with E-state index in [0.29, 0.717) is 25.7 Å². The van der Waals surface area contributed by atoms with Gasteiger partial charge in [0.1, 0.15) is 11.2 Å². The molecule has 0 heterocycles. The monoisotopic (exact) mass is 361 g/mol. The molecule has 4 atom stereocenters. The molecule has 0 bridgehead atoms. The third kappa shape index (κ3) is 5.28. The van der Waals surface area contributed by atoms with E-state index >= 15 is 0 Å². The summed E-state index contributed by atoms with van der Waals surface area (Å²) in [5.74, 6) is -2.83. The first-order valence-electron chi connectivity index (χ1n) is 9.58. The first kappa shape index (κ1) is 22.1. The van der Waals surface area contributed by atoms with E-state index in [2.05, 4.69) is 13.0 Å². The number of carboxylic acid groups (broad SMARTS) is 1. The molecule has 0 spiro atoms. The molecule has 5 heteroatoms. The van der Waals surface area contributed by atoms with Gasteiger partial charge in [-0.3, -0.25) is 9.59 Å². The maximum atomic E-state index is 12.4. The topological polar surface area (TPSA) is 98.4 Å². The number of allylic oxidation sites excluding steroid dienone is 2. The van der Waals surface area contributed by atoms with Gasteiger partial charge < -0.3 is 10.2 Å². The average molecular weight is 361 g/mol. The highest BCUT2D eigenvalue weighted by molar-refractivity contribution is 5.91. The summed E-state index contributed by atoms with van der Waals surface area (Å²) in [6, 6.07) is 2.12. The van der Waals surface area contributed by atoms with Crippen LogP contribution >= 0.6 is 0 Å². The van der Waals surface area contributed by atoms with Crippen LogP contribution in [0.25, 0.3) is 0 Å². The van der Waals surface area contributed by atoms with E-state index in [9.17, 15) is 25.1 Å². The number of aliphatic carboxylic acids is 1. The highest BCUT2D eigenvalue weighted by atomic mass is 16.4. The van der Waals surface area contributed by atoms with E-state index in [1.165, 1.54) is 12.2 Å². The number of nitriles is 1. The van der Waals surface area contributed by atoms with Crippen LogP contribution in [-0.2, 0) is 9.59 Å². The summed E-state index contributed by atoms with van der Waals surface area (Å²) in [5, 5.41) is 29.9. The van der Waals surface area contributed by atoms with Gasteiger partial charge in [-0.2, -0.15) is 5.26 Å². The SMILES string of the molecule is CC=CCC(C#N)C(C=CC(O)CCCCC)(C(=O)O)C1CCCC1=O. The Morgan fingerprint density at radius 2 is 2.19 bits per heavy atom. The van der Waals surface area contributed by atoms with Gasteiger partial charge in [0.05, 0.1) is 18.1 Å². The van der Waals surface area contributed by atoms with Gasteiger partial charge in [-0.15, -0.1) is 0 Å². The largest absolute Gasteiger partial charge is 0.481 e. The molecule has 1 fully saturated rings. The van der Waals surface area contributed by atoms with Gasteiger partial charge in [-0.25, -0.2) is 0 Å². The van der Waals surface area contributed by atoms with Crippen molar-refractivity contribution in [3.05, 3.63) is 24.3 Å². The minimum absolute atomic E-state index is 0.0988. The number of carbonyl (C=O) groups is 2. The van der Waals surface area contributed by atoms with Gasteiger partial charge in [-0.05, 0) is 32.6 Å². The number of aliphatic hydroxyl groups is 1. The molecule has 1 aliphatic rings. The van der Waals surface area contributed by atoms with Crippen LogP contribution in [0.4, 0.5) is 0 Å². The van der Waals surface area contributed by atoms with Gasteiger partial charge >= 0.3 is 5.97 Å². The molecule has 0 radical (unpaired) electrons. The maximum Gasteiger partial charge on any atom is 0.315 e. The number of aliphatic hydroxyl groups excluding tert-OH is 1. The molecule has 26 heavy (non-hydrogen) atoms. The summed E-state index contributed by atoms with van der Waals surface area (Å²) in [5.41, 5.74) is -1.59. The van der Waals surface area contributed by atoms with Crippen LogP contribution < -0.4 is 0 Å². The Labute approximate surface area is 156 Å². The van der Waals surface area contributed by atoms with Crippen molar-refractivity contribution in [1.82, 2.24) is 0 Å². The third-order valence-electron chi connectivity index (χ3n) is 5.29. The highest BCUT2D eigenvalue weighted by Crippen LogP contribution is 2.46. The van der Waals surface area contributed by atoms with Crippen LogP contribution in [0.2, 0.25) is 0 Å². The van der Waals surface area contributed by atoms with Crippen molar-refractivity contribution < 1.29 is 19.8 Å². The lowest BCUT2D eigenvalue weighted by Crippen LogP contribution is -2.45. The van der Waals surface area contributed by atoms with Crippen LogP contribution in [0.5, 0.6) is 0 Å². The van der Waals surface area contributed by atoms with E-state index in [1.54, 1.807) is 12.2 Å². The second-order valence-corrected chi connectivity index (χ2v) is 7.06. The Morgan fingerprint density at radius 1 is 1.46 bits per heavy atom. The van der Waals surface area contributed by atoms with Crippen LogP contribution in [0.1, 0.15) is 65.2 Å². The second-order valence-electron chi connectivity index (χ2n) is 7.06. The van der Waals surface area contributed by atoms with Gasteiger partial charge in [0.2, 0.25) is 0 Å². The highest BCUT2D eigenvalue weighted by Gasteiger charge is 2.53. The van der Waals surface area contributed by atoms with Gasteiger partial charge in [0, 0.05) is 12.3 Å². The van der Waals surface area contributed by atoms with Crippen molar-refractivity contribution in [3.8, 4) is 6.07 Å². The van der Waals surface area contributed by atoms with Gasteiger partial charge in [0.25, 0.3) is 0 Å². The number of hydrogen-bond donors (Lipinski definition) is 2. The zero-order valence-corrected chi connectivity index (χ0v) is 15.9. The number of hydrogen-bond acceptors (Lipinski definition) is 4. The molecule has 5 nitrogen and oxygen atoms in total. The van der Waals surface area contributed by atoms with Crippen molar-refractivity contribution in [1.29, 1.82) is 5.26 Å². The number of carboxylic acids is 1. The standard InChI is InChI=1S/C21H31NO4/c1-3-5-7-10-17(23)13-14-21(20(25)26,16(15-22)9-6-4-2)18-11-8-12-19(18)24/h4,6,13-14,16-18,23H,3,5,7-12H2,1-2H3,(H,25,26). The summed E-state index contributed by atoms with van der Waals surface area (Å²) in [6.45, 7) is 3.88. The smallest absolute Gasteiger partial charge is 0.315 e. The predicted molar refractivity (Wildman–Crippen MR) is 100 cm³/mol. The first-order valence-corrected chi connectivity index (χ1v) is 9.58. The Morgan fingerprint density at radius 3 is 2.69 bits per heavy atom. The lowest BCUT2D eigenvalue weighted by atomic mass is 9.64. The van der Waals surface area contributed by atoms with Crippen molar-refractivity contribution in [2.45, 2.75) is 71.3 Å². The van der Waals surface area contributed by atoms with Crippen molar-refractivity contribution in [3.63, 3.8) is 0 Å². The minimum Gasteiger partial charge on any atom is -0.481 e. The summed E-state index contributed by atoms with van der Waals surface area (Å²) in [7, 11) is 0. The number of carbonyl (C=O) groups excluding carboxylic acids is 1. The Kier molecular flexibility index (Phi) is 9.29. The fraction of sp³-hybridized carbons (Fsp3) is 0.667. The summed E-state index contributed by atoms with van der Waals surface area (Å²) < 4.78 is 0. The predicted octanol–water partition coefficient (Wildman–Crippen LogP) is 4.03. The molecule has 0 amide bonds. The van der Waals surface area contributed by atoms with Crippen molar-refractivity contribution >= 4 is 11.8 Å². The maximum absolute atomic E-state index is 12.4. The fourth-order valence-electron chi connectivity index (χ4n) is 3.76. The zero-order chi connectivity index (χ0) is 19.6. The molecular formula is C21H31NO4. The lowest BCUT2D eigenvalue weighted by Gasteiger charge is -2.35. The second kappa shape index (κ2) is 10.9. The minimum atomic E-state index is -1.59. The van der Waals surface area contributed by atoms with Gasteiger partial charge in [-0.1, -0.05) is 50.5 Å². The summed E-state index contributed by atoms with van der Waals surface area (Å²) in [4.78, 5) is 24.7. The Balaban J connectivity index is 3.23. The van der Waals surface area contributed by atoms with Crippen LogP contribution in [-0.4, -0.2) is 28.1 Å². The Hall–Kier alpha value is -1.93. The average Bonchev–Trinajstić information content (AvgIpc) is 3.04. The molecule has 1 rings (SSSR count). The van der Waals surface area contributed by atoms with Crippen LogP contribution in [0.15, 0.2) is 24.3 Å². The zero-order valence-electron chi connectivity index (χ0n) is 15.9. The molecule has 0 saturated heterocycles. The summed E-state index contributed by atoms with van der Waals surface area (Å²) >= 11 is 0. The number of Topliss-reactive ketones (excluding diaryl/α,β-unsaturated/α-hetero) is 1. The van der Waals surface area contributed by atoms with Crippen molar-refractivity contribution in [2.24, 2.45) is 17.3 Å². The summed E-state index contributed by atoms with van der Waals surface area (Å²) in [6.07, 6.45) is 10.9. The van der Waals surface area contributed by atoms with E-state index in [1.807, 2.05) is 6.92 Å². The van der Waals surface area contributed by atoms with Crippen LogP contribution in [0, 0.1) is 28.6 Å². The molecule has 0 aliphatic heterocycles.